The van der Waals surface area contributed by atoms with Crippen molar-refractivity contribution in [2.24, 2.45) is 0 Å². The fraction of sp³-hybridized carbons (Fsp3) is 0.286. The van der Waals surface area contributed by atoms with Crippen molar-refractivity contribution in [1.29, 1.82) is 0 Å². The number of carbonyl (C=O) groups excluding carboxylic acids is 2. The van der Waals surface area contributed by atoms with E-state index in [-0.39, 0.29) is 17.9 Å². The predicted octanol–water partition coefficient (Wildman–Crippen LogP) is 4.62. The third-order valence-corrected chi connectivity index (χ3v) is 7.75. The zero-order valence-electron chi connectivity index (χ0n) is 19.9. The summed E-state index contributed by atoms with van der Waals surface area (Å²) in [7, 11) is 0. The number of hydrogen-bond donors (Lipinski definition) is 2. The summed E-state index contributed by atoms with van der Waals surface area (Å²) in [5.74, 6) is 1.49. The van der Waals surface area contributed by atoms with Crippen molar-refractivity contribution in [3.8, 4) is 0 Å². The molecule has 1 fully saturated rings. The average Bonchev–Trinajstić information content (AvgIpc) is 2.90. The summed E-state index contributed by atoms with van der Waals surface area (Å²) in [6.07, 6.45) is 0. The van der Waals surface area contributed by atoms with Crippen LogP contribution in [0.25, 0.3) is 0 Å². The molecule has 1 saturated heterocycles. The fourth-order valence-corrected chi connectivity index (χ4v) is 5.68. The molecule has 3 aromatic carbocycles. The first-order chi connectivity index (χ1) is 17.1. The van der Waals surface area contributed by atoms with Crippen LogP contribution >= 0.6 is 11.8 Å². The summed E-state index contributed by atoms with van der Waals surface area (Å²) in [5, 5.41) is 6.36. The van der Waals surface area contributed by atoms with Gasteiger partial charge in [-0.15, -0.1) is 0 Å². The molecule has 0 radical (unpaired) electrons. The first-order valence-corrected chi connectivity index (χ1v) is 13.2. The van der Waals surface area contributed by atoms with Crippen molar-refractivity contribution in [2.75, 3.05) is 47.5 Å². The second-order valence-corrected chi connectivity index (χ2v) is 10.0. The van der Waals surface area contributed by atoms with E-state index in [2.05, 4.69) is 46.7 Å². The average molecular weight is 487 g/mol. The van der Waals surface area contributed by atoms with Gasteiger partial charge in [-0.05, 0) is 48.4 Å². The quantitative estimate of drug-likeness (QED) is 0.532. The van der Waals surface area contributed by atoms with Crippen molar-refractivity contribution >= 4 is 40.6 Å². The summed E-state index contributed by atoms with van der Waals surface area (Å²) in [4.78, 5) is 30.1. The van der Waals surface area contributed by atoms with Crippen LogP contribution in [0.3, 0.4) is 0 Å². The van der Waals surface area contributed by atoms with Crippen molar-refractivity contribution in [2.45, 2.75) is 18.7 Å². The molecule has 7 heteroatoms. The maximum Gasteiger partial charge on any atom is 0.254 e. The van der Waals surface area contributed by atoms with Gasteiger partial charge in [0.25, 0.3) is 5.91 Å². The molecule has 6 nitrogen and oxygen atoms in total. The largest absolute Gasteiger partial charge is 0.371 e. The van der Waals surface area contributed by atoms with E-state index in [1.165, 1.54) is 16.8 Å². The molecular weight excluding hydrogens is 456 g/mol. The Hall–Kier alpha value is -3.45. The third-order valence-electron chi connectivity index (χ3n) is 6.66. The van der Waals surface area contributed by atoms with Crippen molar-refractivity contribution in [3.05, 3.63) is 89.5 Å². The van der Waals surface area contributed by atoms with Crippen LogP contribution in [-0.4, -0.2) is 54.7 Å². The highest BCUT2D eigenvalue weighted by Gasteiger charge is 2.27. The molecule has 0 spiro atoms. The van der Waals surface area contributed by atoms with Crippen LogP contribution in [0.15, 0.2) is 72.8 Å². The monoisotopic (exact) mass is 486 g/mol. The Kier molecular flexibility index (Phi) is 6.95. The molecule has 5 rings (SSSR count). The molecule has 2 aliphatic rings. The number of aryl methyl sites for hydroxylation is 1. The molecular formula is C28H30N4O2S. The van der Waals surface area contributed by atoms with E-state index < -0.39 is 0 Å². The van der Waals surface area contributed by atoms with Gasteiger partial charge in [-0.1, -0.05) is 42.5 Å². The van der Waals surface area contributed by atoms with Crippen LogP contribution in [-0.2, 0) is 10.5 Å². The van der Waals surface area contributed by atoms with Crippen LogP contribution in [0.5, 0.6) is 0 Å². The molecule has 35 heavy (non-hydrogen) atoms. The lowest BCUT2D eigenvalue weighted by molar-refractivity contribution is -0.116. The summed E-state index contributed by atoms with van der Waals surface area (Å²) in [5.41, 5.74) is 5.88. The van der Waals surface area contributed by atoms with Crippen LogP contribution in [0.2, 0.25) is 0 Å². The van der Waals surface area contributed by atoms with Crippen LogP contribution < -0.4 is 15.5 Å². The molecule has 2 N–H and O–H groups in total. The number of rotatable bonds is 6. The fourth-order valence-electron chi connectivity index (χ4n) is 4.54. The maximum atomic E-state index is 13.1. The summed E-state index contributed by atoms with van der Waals surface area (Å²) < 4.78 is 0. The minimum atomic E-state index is -0.302. The van der Waals surface area contributed by atoms with Crippen LogP contribution in [0, 0.1) is 6.92 Å². The van der Waals surface area contributed by atoms with E-state index >= 15 is 0 Å². The maximum absolute atomic E-state index is 13.1. The van der Waals surface area contributed by atoms with E-state index in [1.54, 1.807) is 17.8 Å². The number of thioether (sulfide) groups is 1. The first-order valence-electron chi connectivity index (χ1n) is 12.0. The lowest BCUT2D eigenvalue weighted by atomic mass is 10.1. The lowest BCUT2D eigenvalue weighted by Crippen LogP contribution is -2.48. The Bertz CT molecular complexity index is 1210. The smallest absolute Gasteiger partial charge is 0.254 e. The number of amides is 2. The number of fused-ring (bicyclic) bond motifs is 1. The van der Waals surface area contributed by atoms with E-state index in [9.17, 15) is 9.59 Å². The van der Waals surface area contributed by atoms with Gasteiger partial charge in [0.15, 0.2) is 0 Å². The van der Waals surface area contributed by atoms with E-state index in [0.29, 0.717) is 30.1 Å². The molecule has 0 aromatic heterocycles. The number of nitrogens with one attached hydrogen (secondary N) is 2. The van der Waals surface area contributed by atoms with Gasteiger partial charge in [0.2, 0.25) is 5.91 Å². The number of nitrogens with zero attached hydrogens (tertiary/aromatic N) is 2. The SMILES string of the molecule is Cc1ccccc1CSC[C@H]1Nc2ccc(C(=O)N3CCN(c4ccccc4)CC3)cc2NC1=O. The third kappa shape index (κ3) is 5.30. The van der Waals surface area contributed by atoms with Gasteiger partial charge >= 0.3 is 0 Å². The Labute approximate surface area is 210 Å². The Balaban J connectivity index is 1.17. The van der Waals surface area contributed by atoms with Crippen molar-refractivity contribution < 1.29 is 9.59 Å². The predicted molar refractivity (Wildman–Crippen MR) is 144 cm³/mol. The number of carbonyl (C=O) groups is 2. The summed E-state index contributed by atoms with van der Waals surface area (Å²) in [6, 6.07) is 23.9. The molecule has 2 aliphatic heterocycles. The molecule has 0 unspecified atom stereocenters. The van der Waals surface area contributed by atoms with Gasteiger partial charge in [0.05, 0.1) is 11.4 Å². The molecule has 180 valence electrons. The summed E-state index contributed by atoms with van der Waals surface area (Å²) >= 11 is 1.74. The Morgan fingerprint density at radius 1 is 0.943 bits per heavy atom. The molecule has 0 bridgehead atoms. The van der Waals surface area contributed by atoms with Crippen LogP contribution in [0.4, 0.5) is 17.1 Å². The summed E-state index contributed by atoms with van der Waals surface area (Å²) in [6.45, 7) is 5.08. The highest BCUT2D eigenvalue weighted by Crippen LogP contribution is 2.30. The van der Waals surface area contributed by atoms with E-state index in [1.807, 2.05) is 47.4 Å². The normalized spacial score (nSPS) is 17.4. The minimum absolute atomic E-state index is 0.00525. The minimum Gasteiger partial charge on any atom is -0.371 e. The zero-order chi connectivity index (χ0) is 24.2. The van der Waals surface area contributed by atoms with Gasteiger partial charge in [-0.25, -0.2) is 0 Å². The van der Waals surface area contributed by atoms with Crippen molar-refractivity contribution in [3.63, 3.8) is 0 Å². The van der Waals surface area contributed by atoms with Gasteiger partial charge in [-0.3, -0.25) is 9.59 Å². The highest BCUT2D eigenvalue weighted by atomic mass is 32.2. The number of anilines is 3. The van der Waals surface area contributed by atoms with E-state index in [4.69, 9.17) is 0 Å². The second-order valence-electron chi connectivity index (χ2n) is 9.00. The van der Waals surface area contributed by atoms with E-state index in [0.717, 1.165) is 24.5 Å². The molecule has 3 aromatic rings. The van der Waals surface area contributed by atoms with Crippen LogP contribution in [0.1, 0.15) is 21.5 Å². The molecule has 0 saturated carbocycles. The lowest BCUT2D eigenvalue weighted by Gasteiger charge is -2.36. The topological polar surface area (TPSA) is 64.7 Å². The zero-order valence-corrected chi connectivity index (χ0v) is 20.7. The van der Waals surface area contributed by atoms with Gasteiger partial charge in [0.1, 0.15) is 6.04 Å². The van der Waals surface area contributed by atoms with Crippen molar-refractivity contribution in [1.82, 2.24) is 4.90 Å². The standard InChI is InChI=1S/C28H30N4O2S/c1-20-7-5-6-8-22(20)18-35-19-26-27(33)30-25-17-21(11-12-24(25)29-26)28(34)32-15-13-31(14-16-32)23-9-3-2-4-10-23/h2-12,17,26,29H,13-16,18-19H2,1H3,(H,30,33)/t26-/m1/s1. The Morgan fingerprint density at radius 2 is 1.69 bits per heavy atom. The van der Waals surface area contributed by atoms with Gasteiger partial charge in [-0.2, -0.15) is 11.8 Å². The molecule has 0 aliphatic carbocycles. The molecule has 1 atom stereocenters. The number of benzene rings is 3. The second kappa shape index (κ2) is 10.4. The number of hydrogen-bond acceptors (Lipinski definition) is 5. The van der Waals surface area contributed by atoms with Gasteiger partial charge in [0, 0.05) is 48.9 Å². The first kappa shape index (κ1) is 23.3. The van der Waals surface area contributed by atoms with Gasteiger partial charge < -0.3 is 20.4 Å². The Morgan fingerprint density at radius 3 is 2.46 bits per heavy atom. The molecule has 2 amide bonds. The number of para-hydroxylation sites is 1. The number of piperazine rings is 1. The molecule has 2 heterocycles. The highest BCUT2D eigenvalue weighted by molar-refractivity contribution is 7.98.